The lowest BCUT2D eigenvalue weighted by Crippen LogP contribution is -2.59. The van der Waals surface area contributed by atoms with Crippen molar-refractivity contribution in [2.75, 3.05) is 31.1 Å². The van der Waals surface area contributed by atoms with E-state index in [-0.39, 0.29) is 63.5 Å². The number of aliphatic imine (C=N–C) groups is 1. The second-order valence-corrected chi connectivity index (χ2v) is 16.5. The summed E-state index contributed by atoms with van der Waals surface area (Å²) in [6.45, 7) is 0.120. The smallest absolute Gasteiger partial charge is 0.243 e. The molecule has 6 amide bonds. The van der Waals surface area contributed by atoms with Crippen LogP contribution in [0, 0.1) is 0 Å². The lowest BCUT2D eigenvalue weighted by Gasteiger charge is -2.27. The minimum absolute atomic E-state index is 0.0486. The molecule has 5 rings (SSSR count). The Bertz CT molecular complexity index is 2060. The van der Waals surface area contributed by atoms with Gasteiger partial charge in [0.05, 0.1) is 12.9 Å². The minimum Gasteiger partial charge on any atom is -0.370 e. The summed E-state index contributed by atoms with van der Waals surface area (Å²) in [5.41, 5.74) is 14.0. The number of imidazole rings is 1. The zero-order valence-corrected chi connectivity index (χ0v) is 34.0. The van der Waals surface area contributed by atoms with Crippen LogP contribution in [0.3, 0.4) is 0 Å². The number of carbonyl (C=O) groups excluding carboxylic acids is 6. The molecule has 0 radical (unpaired) electrons. The van der Waals surface area contributed by atoms with Crippen LogP contribution >= 0.6 is 21.6 Å². The van der Waals surface area contributed by atoms with Crippen LogP contribution in [-0.4, -0.2) is 112 Å². The van der Waals surface area contributed by atoms with Crippen LogP contribution in [0.15, 0.2) is 78.3 Å². The highest BCUT2D eigenvalue weighted by Gasteiger charge is 2.32. The topological polar surface area (TPSA) is 283 Å². The van der Waals surface area contributed by atoms with Crippen molar-refractivity contribution < 1.29 is 28.8 Å². The summed E-state index contributed by atoms with van der Waals surface area (Å²) >= 11 is 0. The average Bonchev–Trinajstić information content (AvgIpc) is 3.90. The molecule has 1 aliphatic heterocycles. The quantitative estimate of drug-likeness (QED) is 0.0437. The van der Waals surface area contributed by atoms with Gasteiger partial charge in [-0.15, -0.1) is 0 Å². The number of aromatic nitrogens is 3. The molecule has 1 fully saturated rings. The number of rotatable bonds is 10. The fourth-order valence-electron chi connectivity index (χ4n) is 6.31. The zero-order chi connectivity index (χ0) is 42.0. The molecule has 3 heterocycles. The van der Waals surface area contributed by atoms with Gasteiger partial charge in [-0.25, -0.2) is 4.98 Å². The number of para-hydroxylation sites is 1. The van der Waals surface area contributed by atoms with E-state index in [0.717, 1.165) is 22.0 Å². The van der Waals surface area contributed by atoms with E-state index in [0.29, 0.717) is 23.7 Å². The van der Waals surface area contributed by atoms with Crippen molar-refractivity contribution in [1.29, 1.82) is 0 Å². The molecule has 0 unspecified atom stereocenters. The molecule has 1 saturated heterocycles. The Hall–Kier alpha value is -6.02. The van der Waals surface area contributed by atoms with Gasteiger partial charge in [0.1, 0.15) is 24.2 Å². The lowest BCUT2D eigenvalue weighted by atomic mass is 10.0. The largest absolute Gasteiger partial charge is 0.370 e. The number of fused-ring (bicyclic) bond motifs is 1. The van der Waals surface area contributed by atoms with E-state index in [1.807, 2.05) is 30.3 Å². The normalized spacial score (nSPS) is 20.9. The first kappa shape index (κ1) is 44.1. The first-order valence-electron chi connectivity index (χ1n) is 19.2. The Balaban J connectivity index is 1.45. The van der Waals surface area contributed by atoms with Crippen LogP contribution in [0.5, 0.6) is 0 Å². The maximum absolute atomic E-state index is 14.3. The third-order valence-electron chi connectivity index (χ3n) is 9.28. The fraction of sp³-hybridized carbons (Fsp3) is 0.385. The van der Waals surface area contributed by atoms with E-state index in [9.17, 15) is 28.8 Å². The first-order valence-corrected chi connectivity index (χ1v) is 21.7. The number of nitrogens with two attached hydrogens (primary N) is 2. The van der Waals surface area contributed by atoms with Gasteiger partial charge in [-0.3, -0.25) is 33.8 Å². The molecule has 0 saturated carbocycles. The zero-order valence-electron chi connectivity index (χ0n) is 32.3. The van der Waals surface area contributed by atoms with Gasteiger partial charge in [0, 0.05) is 79.3 Å². The maximum Gasteiger partial charge on any atom is 0.243 e. The molecule has 0 spiro atoms. The van der Waals surface area contributed by atoms with E-state index in [1.165, 1.54) is 27.9 Å². The van der Waals surface area contributed by atoms with Crippen LogP contribution in [0.25, 0.3) is 10.9 Å². The molecule has 0 aliphatic carbocycles. The molecule has 18 nitrogen and oxygen atoms in total. The van der Waals surface area contributed by atoms with Gasteiger partial charge in [-0.1, -0.05) is 70.1 Å². The van der Waals surface area contributed by atoms with E-state index >= 15 is 0 Å². The van der Waals surface area contributed by atoms with E-state index < -0.39 is 53.7 Å². The van der Waals surface area contributed by atoms with E-state index in [4.69, 9.17) is 11.5 Å². The number of amides is 6. The SMILES string of the molecule is NC(N)=NCCC[C@@H]1NC(=O)[C@@H](Cc2ccccc2)NC(=O)[C@H](Cc2cnc[nH]2)NC(=O)CCSSCCNC(=O)CNC(=O)[C@H](Cc2c[nH]c3ccccc23)NC1=O. The predicted molar refractivity (Wildman–Crippen MR) is 228 cm³/mol. The van der Waals surface area contributed by atoms with Crippen molar-refractivity contribution in [3.8, 4) is 0 Å². The van der Waals surface area contributed by atoms with Crippen molar-refractivity contribution in [3.05, 3.63) is 90.1 Å². The Morgan fingerprint density at radius 2 is 1.39 bits per heavy atom. The molecule has 4 atom stereocenters. The first-order chi connectivity index (χ1) is 28.5. The number of aromatic amines is 2. The summed E-state index contributed by atoms with van der Waals surface area (Å²) in [4.78, 5) is 96.4. The molecular weight excluding hydrogens is 797 g/mol. The van der Waals surface area contributed by atoms with Crippen molar-refractivity contribution in [3.63, 3.8) is 0 Å². The number of benzene rings is 2. The molecule has 314 valence electrons. The second kappa shape index (κ2) is 22.8. The van der Waals surface area contributed by atoms with Gasteiger partial charge < -0.3 is 53.3 Å². The lowest BCUT2D eigenvalue weighted by molar-refractivity contribution is -0.134. The van der Waals surface area contributed by atoms with Crippen LogP contribution in [0.4, 0.5) is 0 Å². The van der Waals surface area contributed by atoms with Crippen LogP contribution in [0.2, 0.25) is 0 Å². The number of carbonyl (C=O) groups is 6. The summed E-state index contributed by atoms with van der Waals surface area (Å²) in [5, 5.41) is 17.5. The average molecular weight is 847 g/mol. The molecular formula is C39H50N12O6S2. The van der Waals surface area contributed by atoms with Gasteiger partial charge in [0.25, 0.3) is 0 Å². The van der Waals surface area contributed by atoms with Crippen molar-refractivity contribution in [1.82, 2.24) is 46.9 Å². The molecule has 12 N–H and O–H groups in total. The van der Waals surface area contributed by atoms with Crippen molar-refractivity contribution in [2.45, 2.75) is 62.7 Å². The van der Waals surface area contributed by atoms with Gasteiger partial charge in [-0.05, 0) is 30.0 Å². The Labute approximate surface area is 348 Å². The highest BCUT2D eigenvalue weighted by molar-refractivity contribution is 8.76. The molecule has 2 aromatic carbocycles. The summed E-state index contributed by atoms with van der Waals surface area (Å²) in [6.07, 6.45) is 5.35. The Morgan fingerprint density at radius 1 is 0.712 bits per heavy atom. The number of guanidine groups is 1. The van der Waals surface area contributed by atoms with Gasteiger partial charge in [0.2, 0.25) is 35.4 Å². The Morgan fingerprint density at radius 3 is 2.14 bits per heavy atom. The van der Waals surface area contributed by atoms with Crippen molar-refractivity contribution in [2.24, 2.45) is 16.5 Å². The summed E-state index contributed by atoms with van der Waals surface area (Å²) in [6, 6.07) is 11.9. The van der Waals surface area contributed by atoms with Crippen LogP contribution in [-0.2, 0) is 48.0 Å². The molecule has 20 heteroatoms. The molecule has 59 heavy (non-hydrogen) atoms. The number of hydrogen-bond acceptors (Lipinski definition) is 10. The van der Waals surface area contributed by atoms with Gasteiger partial charge >= 0.3 is 0 Å². The monoisotopic (exact) mass is 846 g/mol. The third-order valence-corrected chi connectivity index (χ3v) is 11.7. The van der Waals surface area contributed by atoms with Gasteiger partial charge in [0.15, 0.2) is 5.96 Å². The number of nitrogens with one attached hydrogen (secondary N) is 8. The third kappa shape index (κ3) is 14.4. The van der Waals surface area contributed by atoms with Crippen LogP contribution in [0.1, 0.15) is 36.1 Å². The highest BCUT2D eigenvalue weighted by atomic mass is 33.1. The van der Waals surface area contributed by atoms with Gasteiger partial charge in [-0.2, -0.15) is 0 Å². The highest BCUT2D eigenvalue weighted by Crippen LogP contribution is 2.21. The summed E-state index contributed by atoms with van der Waals surface area (Å²) < 4.78 is 0. The molecule has 2 aromatic heterocycles. The van der Waals surface area contributed by atoms with Crippen LogP contribution < -0.4 is 43.4 Å². The Kier molecular flexibility index (Phi) is 17.0. The predicted octanol–water partition coefficient (Wildman–Crippen LogP) is -0.0708. The second-order valence-electron chi connectivity index (χ2n) is 13.7. The summed E-state index contributed by atoms with van der Waals surface area (Å²) in [5.74, 6) is -2.57. The maximum atomic E-state index is 14.3. The fourth-order valence-corrected chi connectivity index (χ4v) is 8.20. The molecule has 0 bridgehead atoms. The number of H-pyrrole nitrogens is 2. The molecule has 1 aliphatic rings. The number of nitrogens with zero attached hydrogens (tertiary/aromatic N) is 2. The van der Waals surface area contributed by atoms with E-state index in [1.54, 1.807) is 36.7 Å². The minimum atomic E-state index is -1.22. The standard InChI is InChI=1S/C39H50N12O6S2/c40-39(41)44-13-6-11-29-36(55)51-31(18-25-20-45-28-10-5-4-9-27(25)28)35(54)46-22-34(53)43-14-16-59-58-15-12-33(52)48-32(19-26-21-42-23-47-26)38(57)50-30(37(56)49-29)17-24-7-2-1-3-8-24/h1-5,7-10,20-21,23,29-32,45H,6,11-19,22H2,(H,42,47)(H,43,53)(H,46,54)(H,48,52)(H,49,56)(H,50,57)(H,51,55)(H4,40,41,44)/t29-,30+,31-,32-/m0/s1. The van der Waals surface area contributed by atoms with Crippen molar-refractivity contribution >= 4 is 73.9 Å². The van der Waals surface area contributed by atoms with E-state index in [2.05, 4.69) is 51.8 Å². The molecule has 4 aromatic rings. The number of hydrogen-bond donors (Lipinski definition) is 10. The summed E-state index contributed by atoms with van der Waals surface area (Å²) in [7, 11) is 2.90.